The van der Waals surface area contributed by atoms with Gasteiger partial charge in [0.1, 0.15) is 5.75 Å². The summed E-state index contributed by atoms with van der Waals surface area (Å²) in [5, 5.41) is 7.99. The number of ether oxygens (including phenoxy) is 1. The lowest BCUT2D eigenvalue weighted by molar-refractivity contribution is -0.0746. The van der Waals surface area contributed by atoms with E-state index in [2.05, 4.69) is 21.8 Å². The van der Waals surface area contributed by atoms with Crippen LogP contribution in [-0.2, 0) is 16.4 Å². The molecule has 5 aliphatic rings. The number of aryl methyl sites for hydroxylation is 1. The van der Waals surface area contributed by atoms with Crippen LogP contribution in [0.25, 0.3) is 5.65 Å². The van der Waals surface area contributed by atoms with Crippen LogP contribution in [0.5, 0.6) is 5.75 Å². The van der Waals surface area contributed by atoms with Gasteiger partial charge in [-0.3, -0.25) is 9.12 Å². The van der Waals surface area contributed by atoms with Gasteiger partial charge in [-0.1, -0.05) is 6.92 Å². The number of rotatable bonds is 7. The molecule has 30 heavy (non-hydrogen) atoms. The summed E-state index contributed by atoms with van der Waals surface area (Å²) in [6.45, 7) is 2.88. The van der Waals surface area contributed by atoms with Gasteiger partial charge in [0.25, 0.3) is 0 Å². The molecule has 0 spiro atoms. The van der Waals surface area contributed by atoms with Crippen molar-refractivity contribution in [3.05, 3.63) is 17.8 Å². The first-order chi connectivity index (χ1) is 14.4. The van der Waals surface area contributed by atoms with E-state index in [4.69, 9.17) is 4.74 Å². The predicted octanol–water partition coefficient (Wildman–Crippen LogP) is 3.79. The summed E-state index contributed by atoms with van der Waals surface area (Å²) < 4.78 is 35.4. The highest BCUT2D eigenvalue weighted by atomic mass is 32.2. The van der Waals surface area contributed by atoms with Gasteiger partial charge in [-0.2, -0.15) is 0 Å². The topological polar surface area (TPSA) is 85.6 Å². The Labute approximate surface area is 177 Å². The molecule has 0 atom stereocenters. The fourth-order valence-corrected chi connectivity index (χ4v) is 8.03. The van der Waals surface area contributed by atoms with Gasteiger partial charge in [0.2, 0.25) is 16.0 Å². The SMILES string of the molecule is CCc1cn2c(NS(=O)(=O)C3CC3)nnc2cc1OCC12CC3CC(CC(C3)C1)C2. The molecule has 7 rings (SSSR count). The second-order valence-corrected chi connectivity index (χ2v) is 12.3. The molecule has 1 N–H and O–H groups in total. The van der Waals surface area contributed by atoms with Crippen molar-refractivity contribution in [2.45, 2.75) is 70.0 Å². The zero-order valence-electron chi connectivity index (χ0n) is 17.5. The summed E-state index contributed by atoms with van der Waals surface area (Å²) in [7, 11) is -3.37. The average Bonchev–Trinajstić information content (AvgIpc) is 3.49. The fourth-order valence-electron chi connectivity index (χ4n) is 6.71. The lowest BCUT2D eigenvalue weighted by Crippen LogP contribution is -2.48. The number of nitrogens with one attached hydrogen (secondary N) is 1. The van der Waals surface area contributed by atoms with E-state index in [0.29, 0.717) is 23.9 Å². The van der Waals surface area contributed by atoms with Gasteiger partial charge in [-0.15, -0.1) is 10.2 Å². The molecule has 5 saturated carbocycles. The van der Waals surface area contributed by atoms with Crippen LogP contribution in [0.2, 0.25) is 0 Å². The molecule has 0 unspecified atom stereocenters. The molecule has 162 valence electrons. The van der Waals surface area contributed by atoms with Crippen molar-refractivity contribution in [2.75, 3.05) is 11.3 Å². The Hall–Kier alpha value is -1.83. The van der Waals surface area contributed by atoms with Crippen molar-refractivity contribution < 1.29 is 13.2 Å². The Bertz CT molecular complexity index is 1050. The summed E-state index contributed by atoms with van der Waals surface area (Å²) in [6.07, 6.45) is 12.4. The number of hydrogen-bond donors (Lipinski definition) is 1. The molecular weight excluding hydrogens is 400 g/mol. The molecule has 0 aliphatic heterocycles. The van der Waals surface area contributed by atoms with E-state index in [-0.39, 0.29) is 11.2 Å². The van der Waals surface area contributed by atoms with E-state index < -0.39 is 10.0 Å². The second kappa shape index (κ2) is 6.58. The summed E-state index contributed by atoms with van der Waals surface area (Å²) in [6, 6.07) is 1.92. The largest absolute Gasteiger partial charge is 0.493 e. The Morgan fingerprint density at radius 3 is 2.40 bits per heavy atom. The first-order valence-corrected chi connectivity index (χ1v) is 13.0. The van der Waals surface area contributed by atoms with Crippen molar-refractivity contribution >= 4 is 21.6 Å². The van der Waals surface area contributed by atoms with Crippen LogP contribution < -0.4 is 9.46 Å². The molecule has 4 bridgehead atoms. The molecule has 5 aliphatic carbocycles. The average molecular weight is 431 g/mol. The number of anilines is 1. The lowest BCUT2D eigenvalue weighted by atomic mass is 9.50. The van der Waals surface area contributed by atoms with Gasteiger partial charge in [0, 0.05) is 23.2 Å². The number of nitrogens with zero attached hydrogens (tertiary/aromatic N) is 3. The van der Waals surface area contributed by atoms with Gasteiger partial charge >= 0.3 is 0 Å². The van der Waals surface area contributed by atoms with E-state index in [1.165, 1.54) is 38.5 Å². The Morgan fingerprint density at radius 1 is 1.13 bits per heavy atom. The van der Waals surface area contributed by atoms with Crippen LogP contribution in [0.15, 0.2) is 12.3 Å². The van der Waals surface area contributed by atoms with Gasteiger partial charge in [0.05, 0.1) is 11.9 Å². The van der Waals surface area contributed by atoms with E-state index >= 15 is 0 Å². The summed E-state index contributed by atoms with van der Waals surface area (Å²) in [5.74, 6) is 3.86. The minimum atomic E-state index is -3.37. The smallest absolute Gasteiger partial charge is 0.242 e. The normalized spacial score (nSPS) is 32.6. The molecule has 0 aromatic carbocycles. The fraction of sp³-hybridized carbons (Fsp3) is 0.727. The maximum absolute atomic E-state index is 12.3. The van der Waals surface area contributed by atoms with Crippen LogP contribution in [0.3, 0.4) is 0 Å². The minimum absolute atomic E-state index is 0.263. The molecule has 7 nitrogen and oxygen atoms in total. The standard InChI is InChI=1S/C22H30N4O3S/c1-2-17-12-26-20(23-24-21(26)25-30(27,28)18-3-4-18)8-19(17)29-13-22-9-14-5-15(10-22)7-16(6-14)11-22/h8,12,14-16,18H,2-7,9-11,13H2,1H3,(H,24,25). The number of aromatic nitrogens is 3. The van der Waals surface area contributed by atoms with Crippen LogP contribution in [0.1, 0.15) is 63.9 Å². The second-order valence-electron chi connectivity index (χ2n) is 10.3. The summed E-state index contributed by atoms with van der Waals surface area (Å²) >= 11 is 0. The number of fused-ring (bicyclic) bond motifs is 1. The monoisotopic (exact) mass is 430 g/mol. The van der Waals surface area contributed by atoms with E-state index in [1.54, 1.807) is 4.40 Å². The van der Waals surface area contributed by atoms with Gasteiger partial charge in [-0.25, -0.2) is 8.42 Å². The molecule has 2 aromatic heterocycles. The molecular formula is C22H30N4O3S. The summed E-state index contributed by atoms with van der Waals surface area (Å²) in [4.78, 5) is 0. The number of sulfonamides is 1. The Balaban J connectivity index is 1.25. The zero-order valence-corrected chi connectivity index (χ0v) is 18.3. The van der Waals surface area contributed by atoms with Crippen LogP contribution in [0, 0.1) is 23.2 Å². The number of hydrogen-bond acceptors (Lipinski definition) is 5. The van der Waals surface area contributed by atoms with Gasteiger partial charge < -0.3 is 4.74 Å². The third-order valence-electron chi connectivity index (χ3n) is 7.86. The number of pyridine rings is 1. The third-order valence-corrected chi connectivity index (χ3v) is 9.68. The molecule has 0 saturated heterocycles. The maximum Gasteiger partial charge on any atom is 0.242 e. The lowest BCUT2D eigenvalue weighted by Gasteiger charge is -2.56. The molecule has 0 radical (unpaired) electrons. The van der Waals surface area contributed by atoms with Crippen LogP contribution >= 0.6 is 0 Å². The van der Waals surface area contributed by atoms with E-state index in [9.17, 15) is 8.42 Å². The molecule has 2 heterocycles. The van der Waals surface area contributed by atoms with Crippen molar-refractivity contribution in [1.29, 1.82) is 0 Å². The third kappa shape index (κ3) is 3.18. The van der Waals surface area contributed by atoms with Gasteiger partial charge in [0.15, 0.2) is 5.65 Å². The minimum Gasteiger partial charge on any atom is -0.493 e. The first kappa shape index (κ1) is 18.9. The van der Waals surface area contributed by atoms with Crippen LogP contribution in [0.4, 0.5) is 5.95 Å². The highest BCUT2D eigenvalue weighted by Gasteiger charge is 2.51. The Morgan fingerprint density at radius 2 is 1.80 bits per heavy atom. The maximum atomic E-state index is 12.3. The molecule has 5 fully saturated rings. The molecule has 8 heteroatoms. The van der Waals surface area contributed by atoms with Crippen LogP contribution in [-0.4, -0.2) is 34.9 Å². The summed E-state index contributed by atoms with van der Waals surface area (Å²) in [5.41, 5.74) is 2.02. The predicted molar refractivity (Wildman–Crippen MR) is 114 cm³/mol. The zero-order chi connectivity index (χ0) is 20.5. The van der Waals surface area contributed by atoms with Crippen molar-refractivity contribution in [3.63, 3.8) is 0 Å². The van der Waals surface area contributed by atoms with Crippen molar-refractivity contribution in [1.82, 2.24) is 14.6 Å². The quantitative estimate of drug-likeness (QED) is 0.722. The van der Waals surface area contributed by atoms with Gasteiger partial charge in [-0.05, 0) is 75.5 Å². The van der Waals surface area contributed by atoms with E-state index in [1.807, 2.05) is 12.3 Å². The van der Waals surface area contributed by atoms with Crippen molar-refractivity contribution in [2.24, 2.45) is 23.2 Å². The van der Waals surface area contributed by atoms with E-state index in [0.717, 1.165) is 42.1 Å². The highest BCUT2D eigenvalue weighted by molar-refractivity contribution is 7.93. The first-order valence-electron chi connectivity index (χ1n) is 11.5. The van der Waals surface area contributed by atoms with Crippen molar-refractivity contribution in [3.8, 4) is 5.75 Å². The highest BCUT2D eigenvalue weighted by Crippen LogP contribution is 2.60. The molecule has 2 aromatic rings. The Kier molecular flexibility index (Phi) is 4.15. The molecule has 0 amide bonds.